The summed E-state index contributed by atoms with van der Waals surface area (Å²) in [6.07, 6.45) is 6.21. The molecule has 3 rings (SSSR count). The minimum absolute atomic E-state index is 0.0857. The van der Waals surface area contributed by atoms with Crippen molar-refractivity contribution in [3.63, 3.8) is 0 Å². The van der Waals surface area contributed by atoms with Crippen molar-refractivity contribution >= 4 is 23.6 Å². The fraction of sp³-hybridized carbons (Fsp3) is 0.462. The largest absolute Gasteiger partial charge is 0.352 e. The summed E-state index contributed by atoms with van der Waals surface area (Å²) >= 11 is 1.38. The average molecular weight is 457 g/mol. The number of nitrogens with zero attached hydrogens (tertiary/aromatic N) is 1. The summed E-state index contributed by atoms with van der Waals surface area (Å²) in [5.74, 6) is 0.206. The Labute approximate surface area is 195 Å². The van der Waals surface area contributed by atoms with Gasteiger partial charge in [0.2, 0.25) is 11.8 Å². The molecule has 2 aromatic rings. The molecule has 0 saturated heterocycles. The van der Waals surface area contributed by atoms with Crippen LogP contribution in [-0.4, -0.2) is 41.1 Å². The smallest absolute Gasteiger partial charge is 0.242 e. The third-order valence-corrected chi connectivity index (χ3v) is 7.01. The molecular formula is C26H33FN2O2S. The molecule has 32 heavy (non-hydrogen) atoms. The zero-order valence-electron chi connectivity index (χ0n) is 18.8. The second kappa shape index (κ2) is 12.6. The first-order chi connectivity index (χ1) is 15.5. The lowest BCUT2D eigenvalue weighted by Crippen LogP contribution is -2.51. The predicted molar refractivity (Wildman–Crippen MR) is 129 cm³/mol. The van der Waals surface area contributed by atoms with Crippen molar-refractivity contribution in [2.75, 3.05) is 12.3 Å². The Hall–Kier alpha value is -2.34. The van der Waals surface area contributed by atoms with Crippen LogP contribution in [0.25, 0.3) is 0 Å². The van der Waals surface area contributed by atoms with Crippen molar-refractivity contribution in [2.24, 2.45) is 0 Å². The van der Waals surface area contributed by atoms with Gasteiger partial charge < -0.3 is 10.2 Å². The minimum atomic E-state index is -0.540. The molecule has 0 aromatic heterocycles. The van der Waals surface area contributed by atoms with E-state index < -0.39 is 6.04 Å². The monoisotopic (exact) mass is 456 g/mol. The summed E-state index contributed by atoms with van der Waals surface area (Å²) in [6, 6.07) is 16.3. The quantitative estimate of drug-likeness (QED) is 0.549. The Morgan fingerprint density at radius 1 is 1.06 bits per heavy atom. The maximum atomic E-state index is 13.9. The van der Waals surface area contributed by atoms with Gasteiger partial charge in [0.15, 0.2) is 0 Å². The van der Waals surface area contributed by atoms with Crippen LogP contribution in [0.4, 0.5) is 4.39 Å². The molecule has 0 aliphatic heterocycles. The molecule has 6 heteroatoms. The summed E-state index contributed by atoms with van der Waals surface area (Å²) in [7, 11) is 0. The zero-order chi connectivity index (χ0) is 22.8. The van der Waals surface area contributed by atoms with Gasteiger partial charge in [0.1, 0.15) is 11.9 Å². The van der Waals surface area contributed by atoms with Crippen molar-refractivity contribution in [1.82, 2.24) is 10.2 Å². The van der Waals surface area contributed by atoms with E-state index in [-0.39, 0.29) is 29.4 Å². The van der Waals surface area contributed by atoms with Gasteiger partial charge in [0.25, 0.3) is 0 Å². The molecule has 1 unspecified atom stereocenters. The molecule has 172 valence electrons. The summed E-state index contributed by atoms with van der Waals surface area (Å²) in [5.41, 5.74) is 1.72. The number of benzene rings is 2. The van der Waals surface area contributed by atoms with Crippen LogP contribution < -0.4 is 5.32 Å². The van der Waals surface area contributed by atoms with Gasteiger partial charge in [0, 0.05) is 18.3 Å². The third-order valence-electron chi connectivity index (χ3n) is 6.04. The van der Waals surface area contributed by atoms with Gasteiger partial charge in [-0.3, -0.25) is 9.59 Å². The number of rotatable bonds is 10. The molecule has 1 aliphatic carbocycles. The third kappa shape index (κ3) is 7.37. The molecule has 2 aromatic carbocycles. The van der Waals surface area contributed by atoms with Gasteiger partial charge in [-0.25, -0.2) is 4.39 Å². The van der Waals surface area contributed by atoms with Gasteiger partial charge >= 0.3 is 0 Å². The molecule has 1 fully saturated rings. The Kier molecular flexibility index (Phi) is 9.60. The highest BCUT2D eigenvalue weighted by Crippen LogP contribution is 2.19. The van der Waals surface area contributed by atoms with Crippen LogP contribution in [0.1, 0.15) is 50.2 Å². The molecule has 1 saturated carbocycles. The Morgan fingerprint density at radius 3 is 2.47 bits per heavy atom. The van der Waals surface area contributed by atoms with Crippen LogP contribution in [0.15, 0.2) is 54.6 Å². The number of carbonyl (C=O) groups excluding carboxylic acids is 2. The Balaban J connectivity index is 1.60. The molecule has 0 bridgehead atoms. The Morgan fingerprint density at radius 2 is 1.75 bits per heavy atom. The van der Waals surface area contributed by atoms with Gasteiger partial charge in [-0.15, -0.1) is 11.8 Å². The van der Waals surface area contributed by atoms with Gasteiger partial charge in [-0.2, -0.15) is 0 Å². The van der Waals surface area contributed by atoms with E-state index >= 15 is 0 Å². The van der Waals surface area contributed by atoms with Crippen molar-refractivity contribution in [3.05, 3.63) is 71.5 Å². The van der Waals surface area contributed by atoms with Crippen LogP contribution >= 0.6 is 11.8 Å². The second-order valence-electron chi connectivity index (χ2n) is 8.43. The number of hydrogen-bond acceptors (Lipinski definition) is 3. The topological polar surface area (TPSA) is 49.4 Å². The van der Waals surface area contributed by atoms with Crippen LogP contribution in [-0.2, 0) is 21.8 Å². The fourth-order valence-corrected chi connectivity index (χ4v) is 4.98. The highest BCUT2D eigenvalue weighted by atomic mass is 32.2. The fourth-order valence-electron chi connectivity index (χ4n) is 4.09. The number of thioether (sulfide) groups is 1. The van der Waals surface area contributed by atoms with E-state index in [0.717, 1.165) is 31.2 Å². The van der Waals surface area contributed by atoms with Gasteiger partial charge in [-0.1, -0.05) is 67.8 Å². The lowest BCUT2D eigenvalue weighted by atomic mass is 9.95. The van der Waals surface area contributed by atoms with E-state index in [1.807, 2.05) is 37.3 Å². The Bertz CT molecular complexity index is 871. The van der Waals surface area contributed by atoms with Crippen molar-refractivity contribution in [1.29, 1.82) is 0 Å². The summed E-state index contributed by atoms with van der Waals surface area (Å²) < 4.78 is 13.9. The second-order valence-corrected chi connectivity index (χ2v) is 9.41. The molecule has 0 radical (unpaired) electrons. The molecule has 0 heterocycles. The van der Waals surface area contributed by atoms with Crippen molar-refractivity contribution < 1.29 is 14.0 Å². The van der Waals surface area contributed by atoms with E-state index in [9.17, 15) is 14.0 Å². The molecule has 1 N–H and O–H groups in total. The van der Waals surface area contributed by atoms with Crippen LogP contribution in [0.2, 0.25) is 0 Å². The van der Waals surface area contributed by atoms with E-state index in [1.54, 1.807) is 23.1 Å². The first-order valence-electron chi connectivity index (χ1n) is 11.5. The molecule has 0 spiro atoms. The number of amides is 2. The van der Waals surface area contributed by atoms with Crippen LogP contribution in [0.3, 0.4) is 0 Å². The minimum Gasteiger partial charge on any atom is -0.352 e. The molecule has 4 nitrogen and oxygen atoms in total. The zero-order valence-corrected chi connectivity index (χ0v) is 19.6. The molecule has 1 aliphatic rings. The lowest BCUT2D eigenvalue weighted by molar-refractivity contribution is -0.138. The highest BCUT2D eigenvalue weighted by molar-refractivity contribution is 7.99. The van der Waals surface area contributed by atoms with E-state index in [2.05, 4.69) is 5.32 Å². The number of carbonyl (C=O) groups is 2. The molecule has 2 amide bonds. The van der Waals surface area contributed by atoms with Crippen LogP contribution in [0.5, 0.6) is 0 Å². The highest BCUT2D eigenvalue weighted by Gasteiger charge is 2.27. The number of hydrogen-bond donors (Lipinski definition) is 1. The van der Waals surface area contributed by atoms with E-state index in [4.69, 9.17) is 0 Å². The predicted octanol–water partition coefficient (Wildman–Crippen LogP) is 4.97. The maximum Gasteiger partial charge on any atom is 0.242 e. The number of nitrogens with one attached hydrogen (secondary N) is 1. The molecule has 1 atom stereocenters. The standard InChI is InChI=1S/C26H33FN2O2S/c1-20(26(31)28-23-13-6-3-7-14-23)29(17-16-21-10-4-2-5-11-21)25(30)19-32-18-22-12-8-9-15-24(22)27/h2,4-5,8-12,15,20,23H,3,6-7,13-14,16-19H2,1H3,(H,28,31). The van der Waals surface area contributed by atoms with Crippen molar-refractivity contribution in [3.8, 4) is 0 Å². The van der Waals surface area contributed by atoms with E-state index in [0.29, 0.717) is 24.3 Å². The molecular weight excluding hydrogens is 423 g/mol. The van der Waals surface area contributed by atoms with Gasteiger partial charge in [0.05, 0.1) is 5.75 Å². The van der Waals surface area contributed by atoms with E-state index in [1.165, 1.54) is 24.2 Å². The number of halogens is 1. The lowest BCUT2D eigenvalue weighted by Gasteiger charge is -2.31. The van der Waals surface area contributed by atoms with Crippen LogP contribution in [0, 0.1) is 5.82 Å². The van der Waals surface area contributed by atoms with Gasteiger partial charge in [-0.05, 0) is 43.4 Å². The normalized spacial score (nSPS) is 15.2. The first kappa shape index (κ1) is 24.3. The summed E-state index contributed by atoms with van der Waals surface area (Å²) in [5, 5.41) is 3.15. The SMILES string of the molecule is CC(C(=O)NC1CCCCC1)N(CCc1ccccc1)C(=O)CSCc1ccccc1F. The first-order valence-corrected chi connectivity index (χ1v) is 12.6. The summed E-state index contributed by atoms with van der Waals surface area (Å²) in [6.45, 7) is 2.28. The maximum absolute atomic E-state index is 13.9. The van der Waals surface area contributed by atoms with Crippen molar-refractivity contribution in [2.45, 2.75) is 63.3 Å². The average Bonchev–Trinajstić information content (AvgIpc) is 2.81. The summed E-state index contributed by atoms with van der Waals surface area (Å²) in [4.78, 5) is 27.7.